The molecule has 0 radical (unpaired) electrons. The van der Waals surface area contributed by atoms with E-state index in [2.05, 4.69) is 5.32 Å². The SMILES string of the molecule is O[C@]12CCCC[C@H]1[C@@H](c1cccc(Cl)c1Cl)NCC2. The van der Waals surface area contributed by atoms with E-state index in [4.69, 9.17) is 23.2 Å². The molecule has 3 rings (SSSR count). The van der Waals surface area contributed by atoms with Crippen molar-refractivity contribution in [2.24, 2.45) is 5.92 Å². The van der Waals surface area contributed by atoms with Crippen molar-refractivity contribution in [3.05, 3.63) is 33.8 Å². The topological polar surface area (TPSA) is 32.3 Å². The normalized spacial score (nSPS) is 34.9. The molecule has 0 aromatic heterocycles. The molecule has 4 heteroatoms. The highest BCUT2D eigenvalue weighted by atomic mass is 35.5. The van der Waals surface area contributed by atoms with Crippen molar-refractivity contribution in [1.29, 1.82) is 0 Å². The number of nitrogens with one attached hydrogen (secondary N) is 1. The van der Waals surface area contributed by atoms with Crippen molar-refractivity contribution < 1.29 is 5.11 Å². The first-order valence-corrected chi connectivity index (χ1v) is 7.77. The van der Waals surface area contributed by atoms with Gasteiger partial charge < -0.3 is 10.4 Å². The Hall–Kier alpha value is -0.280. The smallest absolute Gasteiger partial charge is 0.0706 e. The molecule has 2 N–H and O–H groups in total. The summed E-state index contributed by atoms with van der Waals surface area (Å²) in [6, 6.07) is 5.88. The molecule has 1 aromatic carbocycles. The van der Waals surface area contributed by atoms with Crippen LogP contribution in [-0.4, -0.2) is 17.3 Å². The number of rotatable bonds is 1. The summed E-state index contributed by atoms with van der Waals surface area (Å²) in [5.74, 6) is 0.242. The summed E-state index contributed by atoms with van der Waals surface area (Å²) in [6.45, 7) is 0.834. The third-order valence-electron chi connectivity index (χ3n) is 4.71. The number of hydrogen-bond donors (Lipinski definition) is 2. The van der Waals surface area contributed by atoms with Crippen molar-refractivity contribution in [2.75, 3.05) is 6.54 Å². The predicted octanol–water partition coefficient (Wildman–Crippen LogP) is 3.95. The van der Waals surface area contributed by atoms with Gasteiger partial charge in [0.15, 0.2) is 0 Å². The molecule has 0 bridgehead atoms. The van der Waals surface area contributed by atoms with Crippen LogP contribution in [0.25, 0.3) is 0 Å². The average molecular weight is 300 g/mol. The Morgan fingerprint density at radius 1 is 1.21 bits per heavy atom. The lowest BCUT2D eigenvalue weighted by Gasteiger charge is -2.48. The average Bonchev–Trinajstić information content (AvgIpc) is 2.40. The Labute approximate surface area is 124 Å². The zero-order valence-electron chi connectivity index (χ0n) is 10.8. The van der Waals surface area contributed by atoms with Gasteiger partial charge in [-0.25, -0.2) is 0 Å². The molecule has 0 unspecified atom stereocenters. The van der Waals surface area contributed by atoms with Crippen LogP contribution in [-0.2, 0) is 0 Å². The summed E-state index contributed by atoms with van der Waals surface area (Å²) in [5, 5.41) is 15.6. The molecule has 2 fully saturated rings. The van der Waals surface area contributed by atoms with E-state index in [0.717, 1.165) is 37.8 Å². The van der Waals surface area contributed by atoms with Gasteiger partial charge in [-0.1, -0.05) is 48.2 Å². The van der Waals surface area contributed by atoms with Crippen LogP contribution in [0.2, 0.25) is 10.0 Å². The van der Waals surface area contributed by atoms with Gasteiger partial charge in [-0.3, -0.25) is 0 Å². The minimum atomic E-state index is -0.528. The molecule has 0 amide bonds. The third kappa shape index (κ3) is 2.40. The van der Waals surface area contributed by atoms with E-state index >= 15 is 0 Å². The number of fused-ring (bicyclic) bond motifs is 1. The quantitative estimate of drug-likeness (QED) is 0.823. The molecule has 0 spiro atoms. The Kier molecular flexibility index (Phi) is 3.78. The predicted molar refractivity (Wildman–Crippen MR) is 78.7 cm³/mol. The molecule has 3 atom stereocenters. The lowest BCUT2D eigenvalue weighted by atomic mass is 9.67. The van der Waals surface area contributed by atoms with E-state index in [-0.39, 0.29) is 12.0 Å². The van der Waals surface area contributed by atoms with Gasteiger partial charge in [0.25, 0.3) is 0 Å². The van der Waals surface area contributed by atoms with E-state index in [0.29, 0.717) is 10.0 Å². The van der Waals surface area contributed by atoms with Crippen LogP contribution in [0.15, 0.2) is 18.2 Å². The Bertz CT molecular complexity index is 475. The second-order valence-electron chi connectivity index (χ2n) is 5.78. The van der Waals surface area contributed by atoms with Crippen LogP contribution >= 0.6 is 23.2 Å². The second kappa shape index (κ2) is 5.25. The van der Waals surface area contributed by atoms with Crippen LogP contribution in [0, 0.1) is 5.92 Å². The summed E-state index contributed by atoms with van der Waals surface area (Å²) in [5.41, 5.74) is 0.499. The molecule has 19 heavy (non-hydrogen) atoms. The first-order valence-electron chi connectivity index (χ1n) is 7.01. The maximum absolute atomic E-state index is 10.9. The number of piperidine rings is 1. The van der Waals surface area contributed by atoms with E-state index in [1.807, 2.05) is 18.2 Å². The standard InChI is InChI=1S/C15H19Cl2NO/c16-12-6-3-4-10(13(12)17)14-11-5-1-2-7-15(11,19)8-9-18-14/h3-4,6,11,14,18-19H,1-2,5,7-9H2/t11-,14+,15-/m0/s1. The molecular weight excluding hydrogens is 281 g/mol. The molecule has 1 aliphatic heterocycles. The number of halogens is 2. The van der Waals surface area contributed by atoms with Gasteiger partial charge in [-0.2, -0.15) is 0 Å². The fraction of sp³-hybridized carbons (Fsp3) is 0.600. The maximum atomic E-state index is 10.9. The van der Waals surface area contributed by atoms with Gasteiger partial charge in [0.1, 0.15) is 0 Å². The summed E-state index contributed by atoms with van der Waals surface area (Å²) >= 11 is 12.5. The Morgan fingerprint density at radius 3 is 2.89 bits per heavy atom. The van der Waals surface area contributed by atoms with Crippen LogP contribution in [0.3, 0.4) is 0 Å². The van der Waals surface area contributed by atoms with Crippen LogP contribution < -0.4 is 5.32 Å². The zero-order valence-corrected chi connectivity index (χ0v) is 12.3. The van der Waals surface area contributed by atoms with Crippen molar-refractivity contribution >= 4 is 23.2 Å². The molecule has 104 valence electrons. The molecule has 1 aliphatic carbocycles. The molecular formula is C15H19Cl2NO. The zero-order chi connectivity index (χ0) is 13.5. The van der Waals surface area contributed by atoms with Gasteiger partial charge >= 0.3 is 0 Å². The van der Waals surface area contributed by atoms with Crippen LogP contribution in [0.1, 0.15) is 43.7 Å². The first-order chi connectivity index (χ1) is 9.12. The highest BCUT2D eigenvalue weighted by Crippen LogP contribution is 2.47. The van der Waals surface area contributed by atoms with Gasteiger partial charge in [0.2, 0.25) is 0 Å². The Balaban J connectivity index is 1.97. The van der Waals surface area contributed by atoms with Crippen molar-refractivity contribution in [3.63, 3.8) is 0 Å². The van der Waals surface area contributed by atoms with Gasteiger partial charge in [0, 0.05) is 12.0 Å². The minimum Gasteiger partial charge on any atom is -0.389 e. The number of benzene rings is 1. The summed E-state index contributed by atoms with van der Waals surface area (Å²) in [7, 11) is 0. The minimum absolute atomic E-state index is 0.116. The van der Waals surface area contributed by atoms with Crippen LogP contribution in [0.4, 0.5) is 0 Å². The van der Waals surface area contributed by atoms with E-state index in [9.17, 15) is 5.11 Å². The molecule has 1 heterocycles. The Morgan fingerprint density at radius 2 is 2.05 bits per heavy atom. The summed E-state index contributed by atoms with van der Waals surface area (Å²) in [4.78, 5) is 0. The lowest BCUT2D eigenvalue weighted by molar-refractivity contribution is -0.0861. The van der Waals surface area contributed by atoms with Gasteiger partial charge in [-0.15, -0.1) is 0 Å². The number of aliphatic hydroxyl groups is 1. The first kappa shape index (κ1) is 13.7. The summed E-state index contributed by atoms with van der Waals surface area (Å²) < 4.78 is 0. The monoisotopic (exact) mass is 299 g/mol. The summed E-state index contributed by atoms with van der Waals surface area (Å²) in [6.07, 6.45) is 5.11. The molecule has 1 saturated carbocycles. The fourth-order valence-corrected chi connectivity index (χ4v) is 4.14. The van der Waals surface area contributed by atoms with E-state index in [1.54, 1.807) is 0 Å². The molecule has 2 aliphatic rings. The van der Waals surface area contributed by atoms with Crippen molar-refractivity contribution in [3.8, 4) is 0 Å². The largest absolute Gasteiger partial charge is 0.389 e. The van der Waals surface area contributed by atoms with E-state index < -0.39 is 5.60 Å². The van der Waals surface area contributed by atoms with Gasteiger partial charge in [0.05, 0.1) is 15.6 Å². The molecule has 1 aromatic rings. The highest BCUT2D eigenvalue weighted by molar-refractivity contribution is 6.42. The number of hydrogen-bond acceptors (Lipinski definition) is 2. The highest BCUT2D eigenvalue weighted by Gasteiger charge is 2.46. The third-order valence-corrected chi connectivity index (χ3v) is 5.54. The molecule has 1 saturated heterocycles. The van der Waals surface area contributed by atoms with Crippen molar-refractivity contribution in [2.45, 2.75) is 43.7 Å². The second-order valence-corrected chi connectivity index (χ2v) is 6.57. The maximum Gasteiger partial charge on any atom is 0.0706 e. The van der Waals surface area contributed by atoms with Crippen LogP contribution in [0.5, 0.6) is 0 Å². The lowest BCUT2D eigenvalue weighted by Crippen LogP contribution is -2.53. The fourth-order valence-electron chi connectivity index (χ4n) is 3.71. The molecule has 2 nitrogen and oxygen atoms in total. The van der Waals surface area contributed by atoms with E-state index in [1.165, 1.54) is 6.42 Å². The van der Waals surface area contributed by atoms with Gasteiger partial charge in [-0.05, 0) is 37.4 Å². The van der Waals surface area contributed by atoms with Crippen molar-refractivity contribution in [1.82, 2.24) is 5.32 Å².